The topological polar surface area (TPSA) is 6.48 Å². The number of nitrogens with zero attached hydrogens (tertiary/aromatic N) is 2. The molecule has 0 aliphatic carbocycles. The molecule has 2 nitrogen and oxygen atoms in total. The summed E-state index contributed by atoms with van der Waals surface area (Å²) in [6, 6.07) is 0.766. The number of hydrogen-bond acceptors (Lipinski definition) is 3. The van der Waals surface area contributed by atoms with Crippen LogP contribution in [0.5, 0.6) is 0 Å². The van der Waals surface area contributed by atoms with E-state index in [-0.39, 0.29) is 0 Å². The summed E-state index contributed by atoms with van der Waals surface area (Å²) in [5.74, 6) is 1.02. The van der Waals surface area contributed by atoms with E-state index in [9.17, 15) is 0 Å². The van der Waals surface area contributed by atoms with Gasteiger partial charge in [0.1, 0.15) is 0 Å². The number of likely N-dealkylation sites (N-methyl/N-ethyl adjacent to an activating group) is 1. The summed E-state index contributed by atoms with van der Waals surface area (Å²) in [6.07, 6.45) is 3.82. The third-order valence-electron chi connectivity index (χ3n) is 3.10. The van der Waals surface area contributed by atoms with Crippen LogP contribution in [0.2, 0.25) is 0 Å². The Labute approximate surface area is 94.1 Å². The molecule has 1 atom stereocenters. The van der Waals surface area contributed by atoms with E-state index in [1.54, 1.807) is 0 Å². The van der Waals surface area contributed by atoms with Crippen LogP contribution in [0.1, 0.15) is 26.2 Å². The lowest BCUT2D eigenvalue weighted by Crippen LogP contribution is -2.40. The minimum Gasteiger partial charge on any atom is -0.305 e. The summed E-state index contributed by atoms with van der Waals surface area (Å²) in [4.78, 5) is 5.12. The Hall–Kier alpha value is 0.270. The summed E-state index contributed by atoms with van der Waals surface area (Å²) in [6.45, 7) is 7.31. The van der Waals surface area contributed by atoms with Gasteiger partial charge in [0, 0.05) is 12.6 Å². The molecule has 1 unspecified atom stereocenters. The summed E-state index contributed by atoms with van der Waals surface area (Å²) in [7, 11) is 2.24. The lowest BCUT2D eigenvalue weighted by Gasteiger charge is -2.29. The van der Waals surface area contributed by atoms with Crippen molar-refractivity contribution in [3.63, 3.8) is 0 Å². The highest BCUT2D eigenvalue weighted by atomic mass is 32.1. The summed E-state index contributed by atoms with van der Waals surface area (Å²) in [5.41, 5.74) is 0. The van der Waals surface area contributed by atoms with E-state index in [0.717, 1.165) is 11.8 Å². The quantitative estimate of drug-likeness (QED) is 0.715. The molecule has 0 saturated carbocycles. The minimum absolute atomic E-state index is 0.766. The Morgan fingerprint density at radius 1 is 1.36 bits per heavy atom. The molecule has 14 heavy (non-hydrogen) atoms. The van der Waals surface area contributed by atoms with Crippen LogP contribution in [-0.4, -0.2) is 54.8 Å². The number of thiol groups is 1. The third-order valence-corrected chi connectivity index (χ3v) is 3.41. The lowest BCUT2D eigenvalue weighted by atomic mass is 10.2. The van der Waals surface area contributed by atoms with E-state index in [1.807, 2.05) is 0 Å². The zero-order chi connectivity index (χ0) is 10.4. The first-order chi connectivity index (χ1) is 6.77. The molecule has 0 spiro atoms. The zero-order valence-electron chi connectivity index (χ0n) is 9.58. The molecule has 0 radical (unpaired) electrons. The lowest BCUT2D eigenvalue weighted by molar-refractivity contribution is 0.184. The summed E-state index contributed by atoms with van der Waals surface area (Å²) >= 11 is 4.29. The molecule has 0 aromatic rings. The van der Waals surface area contributed by atoms with Crippen LogP contribution in [0.25, 0.3) is 0 Å². The monoisotopic (exact) mass is 216 g/mol. The van der Waals surface area contributed by atoms with Crippen LogP contribution in [0.4, 0.5) is 0 Å². The summed E-state index contributed by atoms with van der Waals surface area (Å²) < 4.78 is 0. The van der Waals surface area contributed by atoms with Crippen molar-refractivity contribution in [1.29, 1.82) is 0 Å². The molecule has 1 rings (SSSR count). The van der Waals surface area contributed by atoms with Gasteiger partial charge in [-0.3, -0.25) is 4.90 Å². The fourth-order valence-corrected chi connectivity index (χ4v) is 2.39. The van der Waals surface area contributed by atoms with Crippen molar-refractivity contribution >= 4 is 12.6 Å². The van der Waals surface area contributed by atoms with Crippen molar-refractivity contribution in [2.45, 2.75) is 32.2 Å². The standard InChI is InChI=1S/C11H24N2S/c1-3-11-10-12(2)6-4-7-13(11)8-5-9-14/h11,14H,3-10H2,1-2H3. The number of rotatable bonds is 4. The van der Waals surface area contributed by atoms with Crippen molar-refractivity contribution < 1.29 is 0 Å². The maximum atomic E-state index is 4.29. The highest BCUT2D eigenvalue weighted by Crippen LogP contribution is 2.12. The molecular formula is C11H24N2S. The highest BCUT2D eigenvalue weighted by molar-refractivity contribution is 7.80. The second-order valence-corrected chi connectivity index (χ2v) is 4.74. The largest absolute Gasteiger partial charge is 0.305 e. The van der Waals surface area contributed by atoms with E-state index in [4.69, 9.17) is 0 Å². The van der Waals surface area contributed by atoms with Crippen molar-refractivity contribution in [1.82, 2.24) is 9.80 Å². The Kier molecular flexibility index (Phi) is 5.90. The molecule has 1 aliphatic heterocycles. The minimum atomic E-state index is 0.766. The number of hydrogen-bond donors (Lipinski definition) is 1. The predicted octanol–water partition coefficient (Wildman–Crippen LogP) is 1.72. The molecule has 1 aliphatic rings. The van der Waals surface area contributed by atoms with E-state index in [2.05, 4.69) is 36.4 Å². The molecule has 0 N–H and O–H groups in total. The summed E-state index contributed by atoms with van der Waals surface area (Å²) in [5, 5.41) is 0. The van der Waals surface area contributed by atoms with E-state index < -0.39 is 0 Å². The maximum absolute atomic E-state index is 4.29. The zero-order valence-corrected chi connectivity index (χ0v) is 10.5. The Morgan fingerprint density at radius 3 is 2.79 bits per heavy atom. The average Bonchev–Trinajstić information content (AvgIpc) is 2.36. The first kappa shape index (κ1) is 12.3. The molecule has 0 aromatic carbocycles. The van der Waals surface area contributed by atoms with Gasteiger partial charge >= 0.3 is 0 Å². The van der Waals surface area contributed by atoms with Crippen molar-refractivity contribution in [3.8, 4) is 0 Å². The smallest absolute Gasteiger partial charge is 0.0220 e. The van der Waals surface area contributed by atoms with Crippen LogP contribution in [0.3, 0.4) is 0 Å². The van der Waals surface area contributed by atoms with Crippen LogP contribution in [-0.2, 0) is 0 Å². The normalized spacial score (nSPS) is 26.4. The van der Waals surface area contributed by atoms with Gasteiger partial charge in [-0.05, 0) is 51.7 Å². The molecule has 1 saturated heterocycles. The van der Waals surface area contributed by atoms with Crippen molar-refractivity contribution in [2.24, 2.45) is 0 Å². The van der Waals surface area contributed by atoms with Crippen LogP contribution in [0, 0.1) is 0 Å². The fourth-order valence-electron chi connectivity index (χ4n) is 2.25. The average molecular weight is 216 g/mol. The van der Waals surface area contributed by atoms with Gasteiger partial charge in [-0.25, -0.2) is 0 Å². The molecule has 0 aromatic heterocycles. The van der Waals surface area contributed by atoms with Gasteiger partial charge in [0.15, 0.2) is 0 Å². The van der Waals surface area contributed by atoms with Gasteiger partial charge in [0.05, 0.1) is 0 Å². The van der Waals surface area contributed by atoms with Gasteiger partial charge in [-0.15, -0.1) is 0 Å². The Morgan fingerprint density at radius 2 is 2.14 bits per heavy atom. The SMILES string of the molecule is CCC1CN(C)CCCN1CCCS. The van der Waals surface area contributed by atoms with Gasteiger partial charge in [-0.1, -0.05) is 6.92 Å². The molecule has 3 heteroatoms. The second kappa shape index (κ2) is 6.70. The van der Waals surface area contributed by atoms with E-state index in [1.165, 1.54) is 45.4 Å². The Balaban J connectivity index is 2.43. The first-order valence-corrected chi connectivity index (χ1v) is 6.44. The van der Waals surface area contributed by atoms with Crippen molar-refractivity contribution in [3.05, 3.63) is 0 Å². The van der Waals surface area contributed by atoms with E-state index >= 15 is 0 Å². The first-order valence-electron chi connectivity index (χ1n) is 5.81. The molecule has 0 bridgehead atoms. The van der Waals surface area contributed by atoms with Gasteiger partial charge < -0.3 is 4.90 Å². The van der Waals surface area contributed by atoms with Crippen LogP contribution >= 0.6 is 12.6 Å². The highest BCUT2D eigenvalue weighted by Gasteiger charge is 2.20. The maximum Gasteiger partial charge on any atom is 0.0220 e. The van der Waals surface area contributed by atoms with Gasteiger partial charge in [0.2, 0.25) is 0 Å². The molecule has 84 valence electrons. The van der Waals surface area contributed by atoms with Crippen LogP contribution < -0.4 is 0 Å². The van der Waals surface area contributed by atoms with Gasteiger partial charge in [0.25, 0.3) is 0 Å². The molecular weight excluding hydrogens is 192 g/mol. The molecule has 1 heterocycles. The fraction of sp³-hybridized carbons (Fsp3) is 1.00. The Bertz CT molecular complexity index is 150. The van der Waals surface area contributed by atoms with E-state index in [0.29, 0.717) is 0 Å². The second-order valence-electron chi connectivity index (χ2n) is 4.29. The van der Waals surface area contributed by atoms with Crippen molar-refractivity contribution in [2.75, 3.05) is 39.0 Å². The van der Waals surface area contributed by atoms with Crippen LogP contribution in [0.15, 0.2) is 0 Å². The molecule has 0 amide bonds. The third kappa shape index (κ3) is 3.79. The predicted molar refractivity (Wildman–Crippen MR) is 66.2 cm³/mol. The van der Waals surface area contributed by atoms with Gasteiger partial charge in [-0.2, -0.15) is 12.6 Å². The molecule has 1 fully saturated rings.